The smallest absolute Gasteiger partial charge is 0.305 e. The highest BCUT2D eigenvalue weighted by molar-refractivity contribution is 6.31. The molecule has 1 aliphatic rings. The number of aryl methyl sites for hydroxylation is 1. The number of esters is 1. The highest BCUT2D eigenvalue weighted by Crippen LogP contribution is 2.36. The number of hydrogen-bond acceptors (Lipinski definition) is 5. The Bertz CT molecular complexity index is 1090. The van der Waals surface area contributed by atoms with Crippen LogP contribution in [-0.2, 0) is 9.53 Å². The minimum Gasteiger partial charge on any atom is -0.469 e. The molecule has 148 valence electrons. The Kier molecular flexibility index (Phi) is 5.20. The second-order valence-electron chi connectivity index (χ2n) is 7.15. The maximum atomic E-state index is 12.0. The van der Waals surface area contributed by atoms with Gasteiger partial charge in [-0.05, 0) is 43.2 Å². The SMILES string of the molecule is COC(=O)C[C@H](C)[C@@H]1N=C(c2ccccn2)c2cc(Cl)ccc2-n2c(C)cnc21. The first-order chi connectivity index (χ1) is 14.0. The molecule has 0 saturated heterocycles. The highest BCUT2D eigenvalue weighted by atomic mass is 35.5. The molecule has 0 saturated carbocycles. The summed E-state index contributed by atoms with van der Waals surface area (Å²) in [6, 6.07) is 11.1. The Morgan fingerprint density at radius 3 is 2.83 bits per heavy atom. The lowest BCUT2D eigenvalue weighted by molar-refractivity contribution is -0.141. The number of carbonyl (C=O) groups excluding carboxylic acids is 1. The number of benzene rings is 1. The molecule has 3 aromatic rings. The summed E-state index contributed by atoms with van der Waals surface area (Å²) in [4.78, 5) is 26.2. The first-order valence-electron chi connectivity index (χ1n) is 9.40. The molecule has 0 fully saturated rings. The number of fused-ring (bicyclic) bond motifs is 3. The van der Waals surface area contributed by atoms with Crippen molar-refractivity contribution in [2.24, 2.45) is 10.9 Å². The van der Waals surface area contributed by atoms with E-state index in [0.29, 0.717) is 5.02 Å². The van der Waals surface area contributed by atoms with E-state index in [4.69, 9.17) is 21.3 Å². The van der Waals surface area contributed by atoms with Gasteiger partial charge in [-0.2, -0.15) is 0 Å². The van der Waals surface area contributed by atoms with Crippen LogP contribution in [0.4, 0.5) is 0 Å². The number of methoxy groups -OCH3 is 1. The summed E-state index contributed by atoms with van der Waals surface area (Å²) in [5.41, 5.74) is 4.28. The van der Waals surface area contributed by atoms with Crippen molar-refractivity contribution >= 4 is 23.3 Å². The van der Waals surface area contributed by atoms with E-state index in [0.717, 1.165) is 34.2 Å². The summed E-state index contributed by atoms with van der Waals surface area (Å²) in [5, 5.41) is 0.618. The molecule has 6 nitrogen and oxygen atoms in total. The molecule has 0 unspecified atom stereocenters. The normalized spacial score (nSPS) is 16.3. The van der Waals surface area contributed by atoms with E-state index in [9.17, 15) is 4.79 Å². The van der Waals surface area contributed by atoms with Crippen LogP contribution in [0.2, 0.25) is 5.02 Å². The Morgan fingerprint density at radius 2 is 2.10 bits per heavy atom. The fourth-order valence-electron chi connectivity index (χ4n) is 3.68. The average Bonchev–Trinajstić information content (AvgIpc) is 3.03. The Morgan fingerprint density at radius 1 is 1.28 bits per heavy atom. The number of halogens is 1. The molecule has 0 bridgehead atoms. The zero-order chi connectivity index (χ0) is 20.5. The van der Waals surface area contributed by atoms with Gasteiger partial charge in [0.05, 0.1) is 30.6 Å². The number of rotatable bonds is 4. The number of imidazole rings is 1. The van der Waals surface area contributed by atoms with Crippen LogP contribution >= 0.6 is 11.6 Å². The van der Waals surface area contributed by atoms with E-state index in [1.54, 1.807) is 6.20 Å². The average molecular weight is 409 g/mol. The molecule has 0 amide bonds. The Balaban J connectivity index is 1.97. The minimum atomic E-state index is -0.342. The largest absolute Gasteiger partial charge is 0.469 e. The van der Waals surface area contributed by atoms with Gasteiger partial charge in [-0.15, -0.1) is 0 Å². The fourth-order valence-corrected chi connectivity index (χ4v) is 3.86. The minimum absolute atomic E-state index is 0.119. The van der Waals surface area contributed by atoms with Crippen LogP contribution in [0.3, 0.4) is 0 Å². The molecule has 29 heavy (non-hydrogen) atoms. The van der Waals surface area contributed by atoms with E-state index in [1.165, 1.54) is 7.11 Å². The van der Waals surface area contributed by atoms with Crippen molar-refractivity contribution in [3.05, 3.63) is 76.6 Å². The highest BCUT2D eigenvalue weighted by Gasteiger charge is 2.32. The number of nitrogens with zero attached hydrogens (tertiary/aromatic N) is 4. The van der Waals surface area contributed by atoms with Crippen molar-refractivity contribution in [3.63, 3.8) is 0 Å². The molecule has 0 N–H and O–H groups in total. The number of hydrogen-bond donors (Lipinski definition) is 0. The molecule has 2 atom stereocenters. The number of carbonyl (C=O) groups is 1. The Labute approximate surface area is 174 Å². The van der Waals surface area contributed by atoms with E-state index >= 15 is 0 Å². The van der Waals surface area contributed by atoms with Crippen LogP contribution in [0, 0.1) is 12.8 Å². The summed E-state index contributed by atoms with van der Waals surface area (Å²) in [5.74, 6) is 0.395. The molecule has 0 radical (unpaired) electrons. The van der Waals surface area contributed by atoms with Gasteiger partial charge in [-0.3, -0.25) is 19.3 Å². The molecule has 3 heterocycles. The van der Waals surface area contributed by atoms with Crippen LogP contribution in [0.25, 0.3) is 5.69 Å². The van der Waals surface area contributed by atoms with Crippen molar-refractivity contribution in [3.8, 4) is 5.69 Å². The van der Waals surface area contributed by atoms with Gasteiger partial charge in [0.25, 0.3) is 0 Å². The monoisotopic (exact) mass is 408 g/mol. The molecule has 0 aliphatic carbocycles. The number of aliphatic imine (C=N–C) groups is 1. The Hall–Kier alpha value is -2.99. The third kappa shape index (κ3) is 3.56. The van der Waals surface area contributed by atoms with Gasteiger partial charge in [-0.1, -0.05) is 24.6 Å². The van der Waals surface area contributed by atoms with Gasteiger partial charge < -0.3 is 4.74 Å². The summed E-state index contributed by atoms with van der Waals surface area (Å²) in [6.07, 6.45) is 3.81. The van der Waals surface area contributed by atoms with Crippen LogP contribution in [0.1, 0.15) is 42.2 Å². The number of ether oxygens (including phenoxy) is 1. The number of aromatic nitrogens is 3. The van der Waals surface area contributed by atoms with Crippen LogP contribution < -0.4 is 0 Å². The van der Waals surface area contributed by atoms with Crippen LogP contribution in [0.15, 0.2) is 53.8 Å². The van der Waals surface area contributed by atoms with Gasteiger partial charge in [-0.25, -0.2) is 4.98 Å². The maximum absolute atomic E-state index is 12.0. The first-order valence-corrected chi connectivity index (χ1v) is 9.78. The fraction of sp³-hybridized carbons (Fsp3) is 0.273. The zero-order valence-corrected chi connectivity index (χ0v) is 17.2. The van der Waals surface area contributed by atoms with Gasteiger partial charge in [0.2, 0.25) is 0 Å². The van der Waals surface area contributed by atoms with Crippen LogP contribution in [0.5, 0.6) is 0 Å². The molecule has 4 rings (SSSR count). The van der Waals surface area contributed by atoms with E-state index in [2.05, 4.69) is 14.5 Å². The summed E-state index contributed by atoms with van der Waals surface area (Å²) < 4.78 is 6.97. The molecule has 1 aromatic carbocycles. The first kappa shape index (κ1) is 19.3. The predicted molar refractivity (Wildman–Crippen MR) is 112 cm³/mol. The van der Waals surface area contributed by atoms with Crippen molar-refractivity contribution in [2.75, 3.05) is 7.11 Å². The quantitative estimate of drug-likeness (QED) is 0.603. The standard InChI is InChI=1S/C22H21ClN4O2/c1-13(10-19(28)29-3)20-22-25-12-14(2)27(22)18-8-7-15(23)11-16(18)21(26-20)17-6-4-5-9-24-17/h4-9,11-13,20H,10H2,1-3H3/t13-,20-/m0/s1. The van der Waals surface area contributed by atoms with Crippen molar-refractivity contribution < 1.29 is 9.53 Å². The van der Waals surface area contributed by atoms with Crippen molar-refractivity contribution in [1.82, 2.24) is 14.5 Å². The van der Waals surface area contributed by atoms with Gasteiger partial charge in [0.15, 0.2) is 0 Å². The van der Waals surface area contributed by atoms with E-state index in [-0.39, 0.29) is 24.3 Å². The lowest BCUT2D eigenvalue weighted by Gasteiger charge is -2.19. The van der Waals surface area contributed by atoms with Crippen molar-refractivity contribution in [1.29, 1.82) is 0 Å². The molecule has 2 aromatic heterocycles. The maximum Gasteiger partial charge on any atom is 0.305 e. The second-order valence-corrected chi connectivity index (χ2v) is 7.59. The molecule has 0 spiro atoms. The van der Waals surface area contributed by atoms with Gasteiger partial charge >= 0.3 is 5.97 Å². The zero-order valence-electron chi connectivity index (χ0n) is 16.5. The van der Waals surface area contributed by atoms with E-state index in [1.807, 2.05) is 56.4 Å². The van der Waals surface area contributed by atoms with Crippen LogP contribution in [-0.4, -0.2) is 33.3 Å². The summed E-state index contributed by atoms with van der Waals surface area (Å²) in [7, 11) is 1.40. The molecular formula is C22H21ClN4O2. The number of pyridine rings is 1. The third-order valence-corrected chi connectivity index (χ3v) is 5.35. The lowest BCUT2D eigenvalue weighted by atomic mass is 9.97. The second kappa shape index (κ2) is 7.79. The van der Waals surface area contributed by atoms with E-state index < -0.39 is 0 Å². The predicted octanol–water partition coefficient (Wildman–Crippen LogP) is 4.32. The molecular weight excluding hydrogens is 388 g/mol. The van der Waals surface area contributed by atoms with Gasteiger partial charge in [0, 0.05) is 28.7 Å². The third-order valence-electron chi connectivity index (χ3n) is 5.12. The summed E-state index contributed by atoms with van der Waals surface area (Å²) >= 11 is 6.35. The topological polar surface area (TPSA) is 69.4 Å². The molecule has 7 heteroatoms. The molecule has 1 aliphatic heterocycles. The van der Waals surface area contributed by atoms with Crippen molar-refractivity contribution in [2.45, 2.75) is 26.3 Å². The lowest BCUT2D eigenvalue weighted by Crippen LogP contribution is -2.17. The summed E-state index contributed by atoms with van der Waals surface area (Å²) in [6.45, 7) is 3.99. The van der Waals surface area contributed by atoms with Gasteiger partial charge in [0.1, 0.15) is 11.9 Å².